The Morgan fingerprint density at radius 2 is 1.50 bits per heavy atom. The van der Waals surface area contributed by atoms with Gasteiger partial charge >= 0.3 is 0 Å². The van der Waals surface area contributed by atoms with Crippen LogP contribution in [0.1, 0.15) is 22.3 Å². The molecule has 0 spiro atoms. The highest BCUT2D eigenvalue weighted by molar-refractivity contribution is 5.81. The predicted molar refractivity (Wildman–Crippen MR) is 109 cm³/mol. The normalized spacial score (nSPS) is 14.5. The van der Waals surface area contributed by atoms with E-state index >= 15 is 0 Å². The summed E-state index contributed by atoms with van der Waals surface area (Å²) in [5.41, 5.74) is 7.45. The topological polar surface area (TPSA) is 35.6 Å². The van der Waals surface area contributed by atoms with E-state index in [1.807, 2.05) is 17.0 Å². The maximum atomic E-state index is 12.6. The molecule has 138 valence electrons. The third-order valence-corrected chi connectivity index (χ3v) is 5.58. The highest BCUT2D eigenvalue weighted by Crippen LogP contribution is 2.24. The summed E-state index contributed by atoms with van der Waals surface area (Å²) in [6, 6.07) is 12.6. The fourth-order valence-corrected chi connectivity index (χ4v) is 3.50. The number of amides is 1. The Labute approximate surface area is 156 Å². The summed E-state index contributed by atoms with van der Waals surface area (Å²) >= 11 is 0. The van der Waals surface area contributed by atoms with Crippen LogP contribution in [0.2, 0.25) is 0 Å². The molecular formula is C22H29N3O. The van der Waals surface area contributed by atoms with Crippen LogP contribution in [-0.2, 0) is 4.79 Å². The number of carbonyl (C=O) groups excluding carboxylic acids is 1. The minimum absolute atomic E-state index is 0.173. The third kappa shape index (κ3) is 3.85. The molecule has 1 aliphatic heterocycles. The van der Waals surface area contributed by atoms with E-state index in [4.69, 9.17) is 0 Å². The Hall–Kier alpha value is -2.49. The van der Waals surface area contributed by atoms with Gasteiger partial charge in [0.25, 0.3) is 0 Å². The SMILES string of the molecule is Cc1cccc(NCC(=O)N2CCN(c3cccc(C)c3C)CC2)c1C. The van der Waals surface area contributed by atoms with Crippen LogP contribution in [0, 0.1) is 27.7 Å². The van der Waals surface area contributed by atoms with Crippen LogP contribution in [0.4, 0.5) is 11.4 Å². The van der Waals surface area contributed by atoms with Gasteiger partial charge in [-0.2, -0.15) is 0 Å². The molecule has 0 aromatic heterocycles. The van der Waals surface area contributed by atoms with Crippen molar-refractivity contribution in [2.75, 3.05) is 42.9 Å². The number of aryl methyl sites for hydroxylation is 2. The minimum atomic E-state index is 0.173. The summed E-state index contributed by atoms with van der Waals surface area (Å²) in [6.45, 7) is 12.2. The molecule has 1 N–H and O–H groups in total. The molecule has 4 heteroatoms. The number of anilines is 2. The lowest BCUT2D eigenvalue weighted by atomic mass is 10.1. The van der Waals surface area contributed by atoms with E-state index < -0.39 is 0 Å². The molecular weight excluding hydrogens is 322 g/mol. The fraction of sp³-hybridized carbons (Fsp3) is 0.409. The number of hydrogen-bond acceptors (Lipinski definition) is 3. The van der Waals surface area contributed by atoms with Crippen LogP contribution in [0.15, 0.2) is 36.4 Å². The highest BCUT2D eigenvalue weighted by atomic mass is 16.2. The van der Waals surface area contributed by atoms with E-state index in [9.17, 15) is 4.79 Å². The first-order valence-electron chi connectivity index (χ1n) is 9.36. The first-order valence-corrected chi connectivity index (χ1v) is 9.36. The Balaban J connectivity index is 1.55. The van der Waals surface area contributed by atoms with Gasteiger partial charge in [0.2, 0.25) is 5.91 Å². The average molecular weight is 351 g/mol. The van der Waals surface area contributed by atoms with Crippen LogP contribution >= 0.6 is 0 Å². The fourth-order valence-electron chi connectivity index (χ4n) is 3.50. The summed E-state index contributed by atoms with van der Waals surface area (Å²) < 4.78 is 0. The van der Waals surface area contributed by atoms with Gasteiger partial charge in [0.1, 0.15) is 0 Å². The van der Waals surface area contributed by atoms with E-state index in [1.165, 1.54) is 27.9 Å². The van der Waals surface area contributed by atoms with Crippen molar-refractivity contribution in [2.24, 2.45) is 0 Å². The largest absolute Gasteiger partial charge is 0.376 e. The lowest BCUT2D eigenvalue weighted by Gasteiger charge is -2.37. The smallest absolute Gasteiger partial charge is 0.241 e. The zero-order chi connectivity index (χ0) is 18.7. The maximum absolute atomic E-state index is 12.6. The van der Waals surface area contributed by atoms with Crippen LogP contribution in [0.3, 0.4) is 0 Å². The van der Waals surface area contributed by atoms with Gasteiger partial charge in [0, 0.05) is 37.6 Å². The van der Waals surface area contributed by atoms with E-state index in [-0.39, 0.29) is 5.91 Å². The van der Waals surface area contributed by atoms with Crippen molar-refractivity contribution in [1.29, 1.82) is 0 Å². The number of piperazine rings is 1. The molecule has 26 heavy (non-hydrogen) atoms. The Kier molecular flexibility index (Phi) is 5.50. The van der Waals surface area contributed by atoms with Crippen LogP contribution < -0.4 is 10.2 Å². The Bertz CT molecular complexity index is 792. The molecule has 1 saturated heterocycles. The van der Waals surface area contributed by atoms with E-state index in [0.29, 0.717) is 6.54 Å². The lowest BCUT2D eigenvalue weighted by molar-refractivity contribution is -0.129. The minimum Gasteiger partial charge on any atom is -0.376 e. The molecule has 0 saturated carbocycles. The van der Waals surface area contributed by atoms with Gasteiger partial charge in [0.15, 0.2) is 0 Å². The van der Waals surface area contributed by atoms with E-state index in [2.05, 4.69) is 62.2 Å². The third-order valence-electron chi connectivity index (χ3n) is 5.58. The number of carbonyl (C=O) groups is 1. The molecule has 1 heterocycles. The molecule has 2 aromatic rings. The summed E-state index contributed by atoms with van der Waals surface area (Å²) in [5, 5.41) is 3.31. The summed E-state index contributed by atoms with van der Waals surface area (Å²) in [6.07, 6.45) is 0. The molecule has 0 unspecified atom stereocenters. The lowest BCUT2D eigenvalue weighted by Crippen LogP contribution is -2.50. The van der Waals surface area contributed by atoms with Gasteiger partial charge in [-0.25, -0.2) is 0 Å². The highest BCUT2D eigenvalue weighted by Gasteiger charge is 2.22. The zero-order valence-electron chi connectivity index (χ0n) is 16.3. The molecule has 1 fully saturated rings. The second-order valence-corrected chi connectivity index (χ2v) is 7.19. The van der Waals surface area contributed by atoms with E-state index in [1.54, 1.807) is 0 Å². The number of hydrogen-bond donors (Lipinski definition) is 1. The summed E-state index contributed by atoms with van der Waals surface area (Å²) in [4.78, 5) is 16.9. The van der Waals surface area contributed by atoms with Crippen molar-refractivity contribution in [3.8, 4) is 0 Å². The molecule has 0 aliphatic carbocycles. The van der Waals surface area contributed by atoms with Crippen molar-refractivity contribution < 1.29 is 4.79 Å². The van der Waals surface area contributed by atoms with Gasteiger partial charge in [-0.1, -0.05) is 24.3 Å². The number of nitrogens with one attached hydrogen (secondary N) is 1. The first kappa shape index (κ1) is 18.3. The van der Waals surface area contributed by atoms with Crippen molar-refractivity contribution in [1.82, 2.24) is 4.90 Å². The van der Waals surface area contributed by atoms with Crippen molar-refractivity contribution in [2.45, 2.75) is 27.7 Å². The molecule has 2 aromatic carbocycles. The predicted octanol–water partition coefficient (Wildman–Crippen LogP) is 3.68. The van der Waals surface area contributed by atoms with Gasteiger partial charge in [0.05, 0.1) is 6.54 Å². The standard InChI is InChI=1S/C22H29N3O/c1-16-7-5-9-20(18(16)3)23-15-22(26)25-13-11-24(12-14-25)21-10-6-8-17(2)19(21)4/h5-10,23H,11-15H2,1-4H3. The van der Waals surface area contributed by atoms with Gasteiger partial charge < -0.3 is 15.1 Å². The van der Waals surface area contributed by atoms with Crippen molar-refractivity contribution in [3.05, 3.63) is 58.7 Å². The number of nitrogens with zero attached hydrogens (tertiary/aromatic N) is 2. The molecule has 0 bridgehead atoms. The first-order chi connectivity index (χ1) is 12.5. The Morgan fingerprint density at radius 1 is 0.885 bits per heavy atom. The molecule has 1 aliphatic rings. The number of rotatable bonds is 4. The Morgan fingerprint density at radius 3 is 2.19 bits per heavy atom. The average Bonchev–Trinajstić information content (AvgIpc) is 2.65. The van der Waals surface area contributed by atoms with Crippen LogP contribution in [0.25, 0.3) is 0 Å². The van der Waals surface area contributed by atoms with Gasteiger partial charge in [-0.05, 0) is 62.1 Å². The summed E-state index contributed by atoms with van der Waals surface area (Å²) in [7, 11) is 0. The molecule has 0 atom stereocenters. The van der Waals surface area contributed by atoms with Gasteiger partial charge in [-0.3, -0.25) is 4.79 Å². The maximum Gasteiger partial charge on any atom is 0.241 e. The summed E-state index contributed by atoms with van der Waals surface area (Å²) in [5.74, 6) is 0.173. The van der Waals surface area contributed by atoms with Crippen molar-refractivity contribution in [3.63, 3.8) is 0 Å². The van der Waals surface area contributed by atoms with E-state index in [0.717, 1.165) is 31.9 Å². The molecule has 1 amide bonds. The number of benzene rings is 2. The second kappa shape index (κ2) is 7.81. The van der Waals surface area contributed by atoms with Gasteiger partial charge in [-0.15, -0.1) is 0 Å². The molecule has 4 nitrogen and oxygen atoms in total. The van der Waals surface area contributed by atoms with Crippen molar-refractivity contribution >= 4 is 17.3 Å². The molecule has 0 radical (unpaired) electrons. The molecule has 3 rings (SSSR count). The quantitative estimate of drug-likeness (QED) is 0.913. The second-order valence-electron chi connectivity index (χ2n) is 7.19. The van der Waals surface area contributed by atoms with Crippen LogP contribution in [-0.4, -0.2) is 43.5 Å². The van der Waals surface area contributed by atoms with Crippen LogP contribution in [0.5, 0.6) is 0 Å². The monoisotopic (exact) mass is 351 g/mol. The zero-order valence-corrected chi connectivity index (χ0v) is 16.3.